The number of hydrogen-bond donors (Lipinski definition) is 2. The summed E-state index contributed by atoms with van der Waals surface area (Å²) in [5, 5.41) is 5.93. The zero-order valence-electron chi connectivity index (χ0n) is 20.0. The molecule has 180 valence electrons. The van der Waals surface area contributed by atoms with Crippen molar-refractivity contribution in [1.82, 2.24) is 15.6 Å². The standard InChI is InChI=1S/C27H27N3O4S/c1-16(2)19-12-13-21-20(14-19)29-26(34-21)18-10-8-17(9-11-18)15-28-27(35)30-25(31)24-22(32-3)6-5-7-23(24)33-4/h5-14,16H,15H2,1-4H3,(H2,28,30,31,35). The van der Waals surface area contributed by atoms with Gasteiger partial charge in [0.05, 0.1) is 14.2 Å². The summed E-state index contributed by atoms with van der Waals surface area (Å²) in [7, 11) is 2.99. The summed E-state index contributed by atoms with van der Waals surface area (Å²) in [6, 6.07) is 19.1. The first-order valence-corrected chi connectivity index (χ1v) is 11.6. The quantitative estimate of drug-likeness (QED) is 0.334. The molecule has 7 nitrogen and oxygen atoms in total. The van der Waals surface area contributed by atoms with Crippen LogP contribution in [0.1, 0.15) is 41.3 Å². The zero-order chi connectivity index (χ0) is 24.9. The number of fused-ring (bicyclic) bond motifs is 1. The van der Waals surface area contributed by atoms with Crippen LogP contribution in [0.4, 0.5) is 0 Å². The van der Waals surface area contributed by atoms with Gasteiger partial charge in [0.25, 0.3) is 5.91 Å². The number of carbonyl (C=O) groups is 1. The number of aromatic nitrogens is 1. The highest BCUT2D eigenvalue weighted by Gasteiger charge is 2.19. The maximum atomic E-state index is 12.7. The number of oxazole rings is 1. The second-order valence-corrected chi connectivity index (χ2v) is 8.68. The Kier molecular flexibility index (Phi) is 7.31. The normalized spacial score (nSPS) is 10.9. The summed E-state index contributed by atoms with van der Waals surface area (Å²) in [5.41, 5.74) is 5.00. The molecule has 4 rings (SSSR count). The van der Waals surface area contributed by atoms with Crippen LogP contribution in [0.15, 0.2) is 65.1 Å². The molecular weight excluding hydrogens is 462 g/mol. The molecule has 0 spiro atoms. The number of rotatable bonds is 7. The molecule has 0 bridgehead atoms. The highest BCUT2D eigenvalue weighted by Crippen LogP contribution is 2.28. The second kappa shape index (κ2) is 10.6. The number of hydrogen-bond acceptors (Lipinski definition) is 6. The minimum Gasteiger partial charge on any atom is -0.496 e. The molecule has 1 amide bonds. The number of benzene rings is 3. The third-order valence-electron chi connectivity index (χ3n) is 5.61. The van der Waals surface area contributed by atoms with E-state index >= 15 is 0 Å². The van der Waals surface area contributed by atoms with E-state index in [1.54, 1.807) is 18.2 Å². The highest BCUT2D eigenvalue weighted by atomic mass is 32.1. The Labute approximate surface area is 209 Å². The van der Waals surface area contributed by atoms with Crippen LogP contribution >= 0.6 is 12.2 Å². The molecular formula is C27H27N3O4S. The van der Waals surface area contributed by atoms with Crippen molar-refractivity contribution in [2.75, 3.05) is 14.2 Å². The van der Waals surface area contributed by atoms with E-state index in [1.807, 2.05) is 30.3 Å². The summed E-state index contributed by atoms with van der Waals surface area (Å²) in [6.45, 7) is 4.75. The van der Waals surface area contributed by atoms with Crippen molar-refractivity contribution in [3.63, 3.8) is 0 Å². The molecule has 0 saturated heterocycles. The van der Waals surface area contributed by atoms with Gasteiger partial charge in [0.1, 0.15) is 22.6 Å². The maximum absolute atomic E-state index is 12.7. The molecule has 0 aliphatic heterocycles. The number of nitrogens with zero attached hydrogens (tertiary/aromatic N) is 1. The van der Waals surface area contributed by atoms with E-state index in [0.717, 1.165) is 22.2 Å². The smallest absolute Gasteiger partial charge is 0.264 e. The lowest BCUT2D eigenvalue weighted by Gasteiger charge is -2.14. The van der Waals surface area contributed by atoms with Crippen LogP contribution < -0.4 is 20.1 Å². The van der Waals surface area contributed by atoms with Crippen LogP contribution in [0.3, 0.4) is 0 Å². The van der Waals surface area contributed by atoms with E-state index in [-0.39, 0.29) is 10.7 Å². The summed E-state index contributed by atoms with van der Waals surface area (Å²) >= 11 is 5.31. The summed E-state index contributed by atoms with van der Waals surface area (Å²) < 4.78 is 16.5. The molecule has 1 heterocycles. The van der Waals surface area contributed by atoms with E-state index < -0.39 is 5.91 Å². The Morgan fingerprint density at radius 3 is 2.34 bits per heavy atom. The number of carbonyl (C=O) groups excluding carboxylic acids is 1. The molecule has 0 atom stereocenters. The van der Waals surface area contributed by atoms with E-state index in [9.17, 15) is 4.79 Å². The third kappa shape index (κ3) is 5.44. The van der Waals surface area contributed by atoms with Crippen molar-refractivity contribution in [3.05, 3.63) is 77.4 Å². The molecule has 0 saturated carbocycles. The van der Waals surface area contributed by atoms with Gasteiger partial charge in [0.15, 0.2) is 10.7 Å². The van der Waals surface area contributed by atoms with Crippen molar-refractivity contribution < 1.29 is 18.7 Å². The highest BCUT2D eigenvalue weighted by molar-refractivity contribution is 7.80. The minimum atomic E-state index is -0.413. The van der Waals surface area contributed by atoms with Crippen LogP contribution in [0.5, 0.6) is 11.5 Å². The van der Waals surface area contributed by atoms with E-state index in [0.29, 0.717) is 29.9 Å². The summed E-state index contributed by atoms with van der Waals surface area (Å²) in [5.74, 6) is 1.40. The SMILES string of the molecule is COc1cccc(OC)c1C(=O)NC(=S)NCc1ccc(-c2nc3cc(C(C)C)ccc3o2)cc1. The molecule has 3 aromatic carbocycles. The fourth-order valence-corrected chi connectivity index (χ4v) is 3.82. The molecule has 0 unspecified atom stereocenters. The maximum Gasteiger partial charge on any atom is 0.264 e. The van der Waals surface area contributed by atoms with Crippen molar-refractivity contribution in [3.8, 4) is 23.0 Å². The van der Waals surface area contributed by atoms with E-state index in [1.165, 1.54) is 19.8 Å². The largest absolute Gasteiger partial charge is 0.496 e. The molecule has 1 aromatic heterocycles. The Balaban J connectivity index is 1.39. The fourth-order valence-electron chi connectivity index (χ4n) is 3.66. The van der Waals surface area contributed by atoms with Crippen molar-refractivity contribution in [2.45, 2.75) is 26.3 Å². The van der Waals surface area contributed by atoms with Gasteiger partial charge >= 0.3 is 0 Å². The summed E-state index contributed by atoms with van der Waals surface area (Å²) in [6.07, 6.45) is 0. The van der Waals surface area contributed by atoms with Gasteiger partial charge in [0.2, 0.25) is 5.89 Å². The fraction of sp³-hybridized carbons (Fsp3) is 0.222. The lowest BCUT2D eigenvalue weighted by molar-refractivity contribution is 0.0970. The lowest BCUT2D eigenvalue weighted by Crippen LogP contribution is -2.39. The Bertz CT molecular complexity index is 1340. The lowest BCUT2D eigenvalue weighted by atomic mass is 10.0. The van der Waals surface area contributed by atoms with E-state index in [4.69, 9.17) is 26.1 Å². The molecule has 0 aliphatic carbocycles. The van der Waals surface area contributed by atoms with Gasteiger partial charge in [-0.3, -0.25) is 10.1 Å². The topological polar surface area (TPSA) is 85.6 Å². The third-order valence-corrected chi connectivity index (χ3v) is 5.86. The first kappa shape index (κ1) is 24.2. The Morgan fingerprint density at radius 1 is 1.03 bits per heavy atom. The molecule has 35 heavy (non-hydrogen) atoms. The van der Waals surface area contributed by atoms with E-state index in [2.05, 4.69) is 41.6 Å². The Hall–Kier alpha value is -3.91. The van der Waals surface area contributed by atoms with Crippen LogP contribution in [-0.4, -0.2) is 30.2 Å². The van der Waals surface area contributed by atoms with Crippen molar-refractivity contribution in [2.24, 2.45) is 0 Å². The van der Waals surface area contributed by atoms with Gasteiger partial charge < -0.3 is 19.2 Å². The van der Waals surface area contributed by atoms with Crippen LogP contribution in [-0.2, 0) is 6.54 Å². The minimum absolute atomic E-state index is 0.201. The number of thiocarbonyl (C=S) groups is 1. The van der Waals surface area contributed by atoms with Crippen LogP contribution in [0.25, 0.3) is 22.6 Å². The van der Waals surface area contributed by atoms with Gasteiger partial charge in [-0.15, -0.1) is 0 Å². The van der Waals surface area contributed by atoms with Gasteiger partial charge in [-0.2, -0.15) is 0 Å². The number of nitrogens with one attached hydrogen (secondary N) is 2. The van der Waals surface area contributed by atoms with Crippen LogP contribution in [0.2, 0.25) is 0 Å². The number of amides is 1. The molecule has 4 aromatic rings. The monoisotopic (exact) mass is 489 g/mol. The van der Waals surface area contributed by atoms with Crippen molar-refractivity contribution >= 4 is 34.3 Å². The second-order valence-electron chi connectivity index (χ2n) is 8.27. The Morgan fingerprint density at radius 2 is 1.71 bits per heavy atom. The first-order chi connectivity index (χ1) is 16.9. The van der Waals surface area contributed by atoms with Gasteiger partial charge in [-0.25, -0.2) is 4.98 Å². The summed E-state index contributed by atoms with van der Waals surface area (Å²) in [4.78, 5) is 17.4. The average Bonchev–Trinajstić information content (AvgIpc) is 3.30. The number of ether oxygens (including phenoxy) is 2. The first-order valence-electron chi connectivity index (χ1n) is 11.2. The van der Waals surface area contributed by atoms with Crippen LogP contribution in [0, 0.1) is 0 Å². The molecule has 0 aliphatic rings. The number of methoxy groups -OCH3 is 2. The van der Waals surface area contributed by atoms with Gasteiger partial charge in [-0.05, 0) is 65.7 Å². The predicted octanol–water partition coefficient (Wildman–Crippen LogP) is 5.44. The van der Waals surface area contributed by atoms with Gasteiger partial charge in [0, 0.05) is 12.1 Å². The average molecular weight is 490 g/mol. The molecule has 0 fully saturated rings. The van der Waals surface area contributed by atoms with Gasteiger partial charge in [-0.1, -0.05) is 38.1 Å². The zero-order valence-corrected chi connectivity index (χ0v) is 20.9. The van der Waals surface area contributed by atoms with Crippen molar-refractivity contribution in [1.29, 1.82) is 0 Å². The molecule has 2 N–H and O–H groups in total. The molecule has 8 heteroatoms. The molecule has 0 radical (unpaired) electrons. The predicted molar refractivity (Wildman–Crippen MR) is 140 cm³/mol.